The van der Waals surface area contributed by atoms with Gasteiger partial charge in [-0.05, 0) is 37.0 Å². The number of carboxylic acid groups (broad SMARTS) is 1. The van der Waals surface area contributed by atoms with Crippen LogP contribution >= 0.6 is 15.9 Å². The van der Waals surface area contributed by atoms with Gasteiger partial charge in [-0.25, -0.2) is 9.48 Å². The first-order valence-electron chi connectivity index (χ1n) is 6.19. The second-order valence-corrected chi connectivity index (χ2v) is 5.76. The van der Waals surface area contributed by atoms with Crippen molar-refractivity contribution < 1.29 is 9.90 Å². The van der Waals surface area contributed by atoms with Crippen LogP contribution in [0.2, 0.25) is 0 Å². The van der Waals surface area contributed by atoms with E-state index >= 15 is 0 Å². The molecule has 0 spiro atoms. The van der Waals surface area contributed by atoms with Crippen LogP contribution in [0, 0.1) is 0 Å². The van der Waals surface area contributed by atoms with Crippen LogP contribution in [0.15, 0.2) is 28.7 Å². The normalized spacial score (nSPS) is 17.5. The van der Waals surface area contributed by atoms with Gasteiger partial charge in [0.25, 0.3) is 0 Å². The van der Waals surface area contributed by atoms with Gasteiger partial charge in [-0.3, -0.25) is 0 Å². The Morgan fingerprint density at radius 1 is 1.53 bits per heavy atom. The molecule has 1 atom stereocenters. The fraction of sp³-hybridized carbons (Fsp3) is 0.286. The van der Waals surface area contributed by atoms with Crippen molar-refractivity contribution in [1.29, 1.82) is 0 Å². The van der Waals surface area contributed by atoms with E-state index < -0.39 is 5.97 Å². The number of aromatic carboxylic acids is 1. The molecule has 0 bridgehead atoms. The average molecular weight is 321 g/mol. The molecule has 0 fully saturated rings. The van der Waals surface area contributed by atoms with Gasteiger partial charge in [0.1, 0.15) is 0 Å². The van der Waals surface area contributed by atoms with Gasteiger partial charge in [-0.15, -0.1) is 0 Å². The molecule has 1 N–H and O–H groups in total. The van der Waals surface area contributed by atoms with Gasteiger partial charge < -0.3 is 5.11 Å². The van der Waals surface area contributed by atoms with Gasteiger partial charge in [0.15, 0.2) is 5.69 Å². The van der Waals surface area contributed by atoms with Crippen LogP contribution < -0.4 is 0 Å². The zero-order valence-corrected chi connectivity index (χ0v) is 12.0. The van der Waals surface area contributed by atoms with Crippen LogP contribution in [0.25, 0.3) is 5.69 Å². The fourth-order valence-electron chi connectivity index (χ4n) is 2.70. The number of rotatable bonds is 2. The number of carboxylic acids is 1. The van der Waals surface area contributed by atoms with Crippen molar-refractivity contribution >= 4 is 21.9 Å². The number of aromatic nitrogens is 2. The van der Waals surface area contributed by atoms with Gasteiger partial charge in [-0.2, -0.15) is 5.10 Å². The SMILES string of the molecule is CC1CCc2c1c(C(=O)O)nn2-c1cccc(Br)c1. The Bertz CT molecular complexity index is 663. The van der Waals surface area contributed by atoms with Crippen molar-refractivity contribution in [2.75, 3.05) is 0 Å². The van der Waals surface area contributed by atoms with Gasteiger partial charge in [0, 0.05) is 15.7 Å². The predicted octanol–water partition coefficient (Wildman–Crippen LogP) is 3.38. The minimum atomic E-state index is -0.946. The lowest BCUT2D eigenvalue weighted by molar-refractivity contribution is 0.0688. The molecule has 0 radical (unpaired) electrons. The number of hydrogen-bond donors (Lipinski definition) is 1. The van der Waals surface area contributed by atoms with E-state index in [0.29, 0.717) is 0 Å². The highest BCUT2D eigenvalue weighted by Gasteiger charge is 2.31. The zero-order valence-electron chi connectivity index (χ0n) is 10.4. The van der Waals surface area contributed by atoms with E-state index in [4.69, 9.17) is 0 Å². The Kier molecular flexibility index (Phi) is 2.93. The number of hydrogen-bond acceptors (Lipinski definition) is 2. The van der Waals surface area contributed by atoms with Gasteiger partial charge in [0.2, 0.25) is 0 Å². The molecule has 5 heteroatoms. The van der Waals surface area contributed by atoms with Crippen molar-refractivity contribution in [2.45, 2.75) is 25.7 Å². The Morgan fingerprint density at radius 2 is 2.32 bits per heavy atom. The molecular formula is C14H13BrN2O2. The van der Waals surface area contributed by atoms with Gasteiger partial charge in [-0.1, -0.05) is 28.9 Å². The summed E-state index contributed by atoms with van der Waals surface area (Å²) >= 11 is 3.43. The van der Waals surface area contributed by atoms with E-state index in [2.05, 4.69) is 28.0 Å². The lowest BCUT2D eigenvalue weighted by atomic mass is 10.0. The maximum Gasteiger partial charge on any atom is 0.356 e. The number of halogens is 1. The monoisotopic (exact) mass is 320 g/mol. The molecule has 1 heterocycles. The van der Waals surface area contributed by atoms with Crippen molar-refractivity contribution in [2.24, 2.45) is 0 Å². The molecule has 0 saturated carbocycles. The Morgan fingerprint density at radius 3 is 3.00 bits per heavy atom. The second kappa shape index (κ2) is 4.49. The van der Waals surface area contributed by atoms with Crippen LogP contribution in [0.5, 0.6) is 0 Å². The summed E-state index contributed by atoms with van der Waals surface area (Å²) < 4.78 is 2.73. The average Bonchev–Trinajstić information content (AvgIpc) is 2.90. The number of fused-ring (bicyclic) bond motifs is 1. The molecule has 19 heavy (non-hydrogen) atoms. The predicted molar refractivity (Wildman–Crippen MR) is 75.0 cm³/mol. The summed E-state index contributed by atoms with van der Waals surface area (Å²) in [7, 11) is 0. The largest absolute Gasteiger partial charge is 0.476 e. The van der Waals surface area contributed by atoms with Crippen LogP contribution in [-0.4, -0.2) is 20.9 Å². The Balaban J connectivity index is 2.21. The van der Waals surface area contributed by atoms with E-state index in [0.717, 1.165) is 34.3 Å². The first kappa shape index (κ1) is 12.4. The van der Waals surface area contributed by atoms with Crippen LogP contribution in [0.1, 0.15) is 41.0 Å². The van der Waals surface area contributed by atoms with E-state index in [1.54, 1.807) is 4.68 Å². The third-order valence-corrected chi connectivity index (χ3v) is 4.08. The standard InChI is InChI=1S/C14H13BrN2O2/c1-8-5-6-11-12(8)13(14(18)19)16-17(11)10-4-2-3-9(15)7-10/h2-4,7-8H,5-6H2,1H3,(H,18,19). The molecule has 0 aliphatic heterocycles. The molecule has 0 amide bonds. The summed E-state index contributed by atoms with van der Waals surface area (Å²) in [4.78, 5) is 11.3. The molecule has 0 saturated heterocycles. The van der Waals surface area contributed by atoms with Crippen molar-refractivity contribution in [3.63, 3.8) is 0 Å². The first-order chi connectivity index (χ1) is 9.08. The summed E-state index contributed by atoms with van der Waals surface area (Å²) in [6, 6.07) is 7.74. The summed E-state index contributed by atoms with van der Waals surface area (Å²) in [6.45, 7) is 2.06. The number of benzene rings is 1. The van der Waals surface area contributed by atoms with Crippen LogP contribution in [-0.2, 0) is 6.42 Å². The van der Waals surface area contributed by atoms with Crippen molar-refractivity contribution in [3.8, 4) is 5.69 Å². The van der Waals surface area contributed by atoms with E-state index in [9.17, 15) is 9.90 Å². The maximum absolute atomic E-state index is 11.3. The number of nitrogens with zero attached hydrogens (tertiary/aromatic N) is 2. The molecule has 1 unspecified atom stereocenters. The lowest BCUT2D eigenvalue weighted by Crippen LogP contribution is -2.05. The molecule has 3 rings (SSSR count). The molecule has 1 aliphatic carbocycles. The Labute approximate surface area is 119 Å². The third kappa shape index (κ3) is 1.98. The van der Waals surface area contributed by atoms with Crippen LogP contribution in [0.3, 0.4) is 0 Å². The van der Waals surface area contributed by atoms with E-state index in [1.807, 2.05) is 24.3 Å². The summed E-state index contributed by atoms with van der Waals surface area (Å²) in [5.74, 6) is -0.680. The molecule has 4 nitrogen and oxygen atoms in total. The minimum Gasteiger partial charge on any atom is -0.476 e. The quantitative estimate of drug-likeness (QED) is 0.922. The second-order valence-electron chi connectivity index (χ2n) is 4.85. The highest BCUT2D eigenvalue weighted by atomic mass is 79.9. The summed E-state index contributed by atoms with van der Waals surface area (Å²) in [6.07, 6.45) is 1.87. The molecule has 98 valence electrons. The Hall–Kier alpha value is -1.62. The molecule has 1 aromatic carbocycles. The zero-order chi connectivity index (χ0) is 13.6. The molecule has 1 aliphatic rings. The van der Waals surface area contributed by atoms with Gasteiger partial charge in [0.05, 0.1) is 5.69 Å². The third-order valence-electron chi connectivity index (χ3n) is 3.58. The molecular weight excluding hydrogens is 308 g/mol. The maximum atomic E-state index is 11.3. The number of carbonyl (C=O) groups is 1. The molecule has 2 aromatic rings. The smallest absolute Gasteiger partial charge is 0.356 e. The van der Waals surface area contributed by atoms with Crippen molar-refractivity contribution in [1.82, 2.24) is 9.78 Å². The highest BCUT2D eigenvalue weighted by molar-refractivity contribution is 9.10. The topological polar surface area (TPSA) is 55.1 Å². The highest BCUT2D eigenvalue weighted by Crippen LogP contribution is 2.36. The first-order valence-corrected chi connectivity index (χ1v) is 6.98. The van der Waals surface area contributed by atoms with Gasteiger partial charge >= 0.3 is 5.97 Å². The summed E-state index contributed by atoms with van der Waals surface area (Å²) in [5.41, 5.74) is 3.02. The lowest BCUT2D eigenvalue weighted by Gasteiger charge is -2.05. The van der Waals surface area contributed by atoms with Crippen LogP contribution in [0.4, 0.5) is 0 Å². The van der Waals surface area contributed by atoms with E-state index in [1.165, 1.54) is 0 Å². The minimum absolute atomic E-state index is 0.194. The van der Waals surface area contributed by atoms with Crippen molar-refractivity contribution in [3.05, 3.63) is 45.7 Å². The summed E-state index contributed by atoms with van der Waals surface area (Å²) in [5, 5.41) is 13.6. The molecule has 1 aromatic heterocycles. The fourth-order valence-corrected chi connectivity index (χ4v) is 3.09. The van der Waals surface area contributed by atoms with E-state index in [-0.39, 0.29) is 11.6 Å².